The predicted molar refractivity (Wildman–Crippen MR) is 113 cm³/mol. The summed E-state index contributed by atoms with van der Waals surface area (Å²) in [5.41, 5.74) is 7.37. The molecule has 2 aromatic rings. The van der Waals surface area contributed by atoms with Gasteiger partial charge in [0.05, 0.1) is 19.3 Å². The number of rotatable bonds is 8. The zero-order valence-corrected chi connectivity index (χ0v) is 17.6. The first-order chi connectivity index (χ1) is 13.2. The van der Waals surface area contributed by atoms with Gasteiger partial charge in [0.1, 0.15) is 5.00 Å². The molecule has 0 aliphatic rings. The Balaban J connectivity index is 2.12. The Hall–Kier alpha value is -2.80. The number of amides is 2. The van der Waals surface area contributed by atoms with E-state index in [9.17, 15) is 9.59 Å². The third-order valence-corrected chi connectivity index (χ3v) is 5.18. The van der Waals surface area contributed by atoms with E-state index in [4.69, 9.17) is 15.2 Å². The van der Waals surface area contributed by atoms with Crippen LogP contribution in [0.4, 0.5) is 5.00 Å². The SMILES string of the molecule is COc1cc(/C=C/C(=O)Nc2sc(C)c(C)c2C(N)=O)ccc1OCC(C)C. The molecule has 0 aliphatic carbocycles. The number of carbonyl (C=O) groups is 2. The number of nitrogens with one attached hydrogen (secondary N) is 1. The van der Waals surface area contributed by atoms with Crippen LogP contribution in [0.25, 0.3) is 6.08 Å². The number of thiophene rings is 1. The van der Waals surface area contributed by atoms with E-state index in [2.05, 4.69) is 19.2 Å². The first-order valence-corrected chi connectivity index (χ1v) is 9.74. The van der Waals surface area contributed by atoms with Crippen molar-refractivity contribution in [1.29, 1.82) is 0 Å². The number of nitrogens with two attached hydrogens (primary N) is 1. The standard InChI is InChI=1S/C21H26N2O4S/c1-12(2)11-27-16-8-6-15(10-17(16)26-5)7-9-18(24)23-21-19(20(22)25)13(3)14(4)28-21/h6-10,12H,11H2,1-5H3,(H2,22,25)(H,23,24)/b9-7+. The third kappa shape index (κ3) is 5.36. The van der Waals surface area contributed by atoms with Crippen molar-refractivity contribution in [1.82, 2.24) is 0 Å². The quantitative estimate of drug-likeness (QED) is 0.649. The average Bonchev–Trinajstić information content (AvgIpc) is 2.91. The molecular weight excluding hydrogens is 376 g/mol. The fourth-order valence-electron chi connectivity index (χ4n) is 2.50. The molecule has 2 rings (SSSR count). The van der Waals surface area contributed by atoms with Crippen LogP contribution in [0.5, 0.6) is 11.5 Å². The molecule has 1 aromatic heterocycles. The molecular formula is C21H26N2O4S. The maximum absolute atomic E-state index is 12.3. The van der Waals surface area contributed by atoms with Gasteiger partial charge in [0.25, 0.3) is 5.91 Å². The predicted octanol–water partition coefficient (Wildman–Crippen LogP) is 4.16. The van der Waals surface area contributed by atoms with Gasteiger partial charge in [0, 0.05) is 11.0 Å². The van der Waals surface area contributed by atoms with E-state index < -0.39 is 5.91 Å². The molecule has 1 heterocycles. The Bertz CT molecular complexity index is 900. The summed E-state index contributed by atoms with van der Waals surface area (Å²) in [6.45, 7) is 8.43. The third-order valence-electron chi connectivity index (χ3n) is 4.06. The first-order valence-electron chi connectivity index (χ1n) is 8.92. The largest absolute Gasteiger partial charge is 0.493 e. The number of anilines is 1. The highest BCUT2D eigenvalue weighted by molar-refractivity contribution is 7.16. The summed E-state index contributed by atoms with van der Waals surface area (Å²) in [7, 11) is 1.57. The number of carbonyl (C=O) groups excluding carboxylic acids is 2. The first kappa shape index (κ1) is 21.5. The van der Waals surface area contributed by atoms with Crippen molar-refractivity contribution in [3.05, 3.63) is 45.8 Å². The molecule has 150 valence electrons. The van der Waals surface area contributed by atoms with Gasteiger partial charge in [0.2, 0.25) is 5.91 Å². The number of primary amides is 1. The molecule has 3 N–H and O–H groups in total. The molecule has 0 aliphatic heterocycles. The van der Waals surface area contributed by atoms with Crippen LogP contribution in [0.1, 0.15) is 40.2 Å². The average molecular weight is 403 g/mol. The van der Waals surface area contributed by atoms with Crippen LogP contribution in [0.15, 0.2) is 24.3 Å². The lowest BCUT2D eigenvalue weighted by molar-refractivity contribution is -0.111. The summed E-state index contributed by atoms with van der Waals surface area (Å²) in [5.74, 6) is 0.769. The van der Waals surface area contributed by atoms with E-state index >= 15 is 0 Å². The van der Waals surface area contributed by atoms with Crippen molar-refractivity contribution in [3.63, 3.8) is 0 Å². The summed E-state index contributed by atoms with van der Waals surface area (Å²) in [5, 5.41) is 3.20. The lowest BCUT2D eigenvalue weighted by Crippen LogP contribution is -2.16. The van der Waals surface area contributed by atoms with E-state index in [-0.39, 0.29) is 5.91 Å². The lowest BCUT2D eigenvalue weighted by atomic mass is 10.1. The van der Waals surface area contributed by atoms with Gasteiger partial charge in [-0.2, -0.15) is 0 Å². The molecule has 0 fully saturated rings. The number of benzene rings is 1. The Morgan fingerprint density at radius 2 is 1.96 bits per heavy atom. The molecule has 2 amide bonds. The molecule has 0 unspecified atom stereocenters. The Morgan fingerprint density at radius 3 is 2.57 bits per heavy atom. The summed E-state index contributed by atoms with van der Waals surface area (Å²) in [6.07, 6.45) is 3.07. The van der Waals surface area contributed by atoms with Crippen molar-refractivity contribution in [2.24, 2.45) is 11.7 Å². The molecule has 7 heteroatoms. The highest BCUT2D eigenvalue weighted by Gasteiger charge is 2.18. The monoisotopic (exact) mass is 402 g/mol. The van der Waals surface area contributed by atoms with E-state index in [1.54, 1.807) is 19.3 Å². The highest BCUT2D eigenvalue weighted by Crippen LogP contribution is 2.32. The van der Waals surface area contributed by atoms with Gasteiger partial charge in [-0.1, -0.05) is 19.9 Å². The van der Waals surface area contributed by atoms with Crippen molar-refractivity contribution in [3.8, 4) is 11.5 Å². The summed E-state index contributed by atoms with van der Waals surface area (Å²) >= 11 is 1.33. The van der Waals surface area contributed by atoms with Crippen molar-refractivity contribution >= 4 is 34.2 Å². The van der Waals surface area contributed by atoms with Crippen LogP contribution < -0.4 is 20.5 Å². The van der Waals surface area contributed by atoms with Gasteiger partial charge in [-0.3, -0.25) is 9.59 Å². The van der Waals surface area contributed by atoms with E-state index in [0.29, 0.717) is 34.6 Å². The van der Waals surface area contributed by atoms with Gasteiger partial charge in [0.15, 0.2) is 11.5 Å². The zero-order valence-electron chi connectivity index (χ0n) is 16.8. The van der Waals surface area contributed by atoms with Gasteiger partial charge < -0.3 is 20.5 Å². The lowest BCUT2D eigenvalue weighted by Gasteiger charge is -2.12. The Labute approximate surface area is 169 Å². The molecule has 0 atom stereocenters. The second kappa shape index (κ2) is 9.41. The number of aryl methyl sites for hydroxylation is 1. The molecule has 0 saturated carbocycles. The fourth-order valence-corrected chi connectivity index (χ4v) is 3.57. The molecule has 0 bridgehead atoms. The Morgan fingerprint density at radius 1 is 1.25 bits per heavy atom. The van der Waals surface area contributed by atoms with Gasteiger partial charge in [-0.05, 0) is 49.1 Å². The van der Waals surface area contributed by atoms with Crippen LogP contribution in [-0.4, -0.2) is 25.5 Å². The maximum Gasteiger partial charge on any atom is 0.251 e. The van der Waals surface area contributed by atoms with Crippen LogP contribution in [0.2, 0.25) is 0 Å². The van der Waals surface area contributed by atoms with E-state index in [0.717, 1.165) is 16.0 Å². The smallest absolute Gasteiger partial charge is 0.251 e. The minimum Gasteiger partial charge on any atom is -0.493 e. The van der Waals surface area contributed by atoms with Crippen LogP contribution in [0.3, 0.4) is 0 Å². The summed E-state index contributed by atoms with van der Waals surface area (Å²) in [4.78, 5) is 24.9. The Kier molecular flexibility index (Phi) is 7.23. The van der Waals surface area contributed by atoms with Crippen LogP contribution in [-0.2, 0) is 4.79 Å². The van der Waals surface area contributed by atoms with Crippen LogP contribution in [0, 0.1) is 19.8 Å². The number of hydrogen-bond acceptors (Lipinski definition) is 5. The van der Waals surface area contributed by atoms with Gasteiger partial charge in [-0.15, -0.1) is 11.3 Å². The summed E-state index contributed by atoms with van der Waals surface area (Å²) < 4.78 is 11.1. The highest BCUT2D eigenvalue weighted by atomic mass is 32.1. The molecule has 6 nitrogen and oxygen atoms in total. The normalized spacial score (nSPS) is 11.1. The van der Waals surface area contributed by atoms with Crippen molar-refractivity contribution in [2.45, 2.75) is 27.7 Å². The van der Waals surface area contributed by atoms with E-state index in [1.807, 2.05) is 26.0 Å². The molecule has 1 aromatic carbocycles. The minimum absolute atomic E-state index is 0.345. The summed E-state index contributed by atoms with van der Waals surface area (Å²) in [6, 6.07) is 5.46. The van der Waals surface area contributed by atoms with Crippen LogP contribution >= 0.6 is 11.3 Å². The second-order valence-electron chi connectivity index (χ2n) is 6.79. The number of methoxy groups -OCH3 is 1. The maximum atomic E-state index is 12.3. The molecule has 28 heavy (non-hydrogen) atoms. The number of hydrogen-bond donors (Lipinski definition) is 2. The van der Waals surface area contributed by atoms with Gasteiger partial charge >= 0.3 is 0 Å². The zero-order chi connectivity index (χ0) is 20.8. The topological polar surface area (TPSA) is 90.6 Å². The molecule has 0 saturated heterocycles. The fraction of sp³-hybridized carbons (Fsp3) is 0.333. The van der Waals surface area contributed by atoms with Crippen molar-refractivity contribution < 1.29 is 19.1 Å². The van der Waals surface area contributed by atoms with Crippen molar-refractivity contribution in [2.75, 3.05) is 19.0 Å². The number of ether oxygens (including phenoxy) is 2. The second-order valence-corrected chi connectivity index (χ2v) is 8.01. The molecule has 0 radical (unpaired) electrons. The van der Waals surface area contributed by atoms with E-state index in [1.165, 1.54) is 17.4 Å². The van der Waals surface area contributed by atoms with Gasteiger partial charge in [-0.25, -0.2) is 0 Å². The minimum atomic E-state index is -0.553. The molecule has 0 spiro atoms.